The molecule has 19 heavy (non-hydrogen) atoms. The molecule has 4 nitrogen and oxygen atoms in total. The van der Waals surface area contributed by atoms with E-state index in [0.717, 1.165) is 32.5 Å². The van der Waals surface area contributed by atoms with Gasteiger partial charge < -0.3 is 10.5 Å². The van der Waals surface area contributed by atoms with Gasteiger partial charge in [0.05, 0.1) is 6.61 Å². The Morgan fingerprint density at radius 3 is 2.95 bits per heavy atom. The highest BCUT2D eigenvalue weighted by molar-refractivity contribution is 5.16. The van der Waals surface area contributed by atoms with Gasteiger partial charge >= 0.3 is 0 Å². The maximum atomic E-state index is 5.65. The molecule has 1 aromatic rings. The Morgan fingerprint density at radius 1 is 1.47 bits per heavy atom. The third-order valence-electron chi connectivity index (χ3n) is 3.95. The van der Waals surface area contributed by atoms with Crippen molar-refractivity contribution in [1.29, 1.82) is 0 Å². The van der Waals surface area contributed by atoms with E-state index in [1.807, 2.05) is 12.4 Å². The highest BCUT2D eigenvalue weighted by atomic mass is 16.5. The van der Waals surface area contributed by atoms with E-state index >= 15 is 0 Å². The summed E-state index contributed by atoms with van der Waals surface area (Å²) in [4.78, 5) is 6.70. The lowest BCUT2D eigenvalue weighted by atomic mass is 10.0. The van der Waals surface area contributed by atoms with Crippen LogP contribution in [-0.4, -0.2) is 42.7 Å². The molecule has 1 aromatic heterocycles. The normalized spacial score (nSPS) is 21.7. The quantitative estimate of drug-likeness (QED) is 0.817. The monoisotopic (exact) mass is 263 g/mol. The standard InChI is InChI=1S/C15H25N3O/c1-19-12-14(4-2-8-16)18-11-3-5-15(18)13-6-9-17-10-7-13/h6-7,9-10,14-15H,2-5,8,11-12,16H2,1H3. The lowest BCUT2D eigenvalue weighted by Gasteiger charge is -2.33. The van der Waals surface area contributed by atoms with Crippen molar-refractivity contribution < 1.29 is 4.74 Å². The minimum atomic E-state index is 0.481. The minimum absolute atomic E-state index is 0.481. The van der Waals surface area contributed by atoms with Gasteiger partial charge in [-0.25, -0.2) is 0 Å². The number of hydrogen-bond acceptors (Lipinski definition) is 4. The van der Waals surface area contributed by atoms with Gasteiger partial charge in [-0.15, -0.1) is 0 Å². The number of nitrogens with two attached hydrogens (primary N) is 1. The van der Waals surface area contributed by atoms with E-state index in [2.05, 4.69) is 22.0 Å². The summed E-state index contributed by atoms with van der Waals surface area (Å²) >= 11 is 0. The topological polar surface area (TPSA) is 51.4 Å². The lowest BCUT2D eigenvalue weighted by molar-refractivity contribution is 0.0757. The van der Waals surface area contributed by atoms with Gasteiger partial charge in [0.2, 0.25) is 0 Å². The summed E-state index contributed by atoms with van der Waals surface area (Å²) in [6, 6.07) is 5.26. The van der Waals surface area contributed by atoms with E-state index in [9.17, 15) is 0 Å². The fourth-order valence-corrected chi connectivity index (χ4v) is 3.06. The highest BCUT2D eigenvalue weighted by Crippen LogP contribution is 2.34. The van der Waals surface area contributed by atoms with E-state index in [-0.39, 0.29) is 0 Å². The first kappa shape index (κ1) is 14.4. The molecule has 1 fully saturated rings. The van der Waals surface area contributed by atoms with Gasteiger partial charge in [0.1, 0.15) is 0 Å². The second kappa shape index (κ2) is 7.58. The molecule has 2 N–H and O–H groups in total. The molecular formula is C15H25N3O. The van der Waals surface area contributed by atoms with Crippen LogP contribution in [-0.2, 0) is 4.74 Å². The molecule has 1 saturated heterocycles. The van der Waals surface area contributed by atoms with Crippen molar-refractivity contribution in [2.45, 2.75) is 37.8 Å². The van der Waals surface area contributed by atoms with Crippen LogP contribution in [0.3, 0.4) is 0 Å². The van der Waals surface area contributed by atoms with Crippen molar-refractivity contribution >= 4 is 0 Å². The van der Waals surface area contributed by atoms with Gasteiger partial charge in [0.25, 0.3) is 0 Å². The first-order valence-corrected chi connectivity index (χ1v) is 7.21. The maximum absolute atomic E-state index is 5.65. The zero-order valence-electron chi connectivity index (χ0n) is 11.8. The van der Waals surface area contributed by atoms with Crippen LogP contribution >= 0.6 is 0 Å². The lowest BCUT2D eigenvalue weighted by Crippen LogP contribution is -2.38. The summed E-state index contributed by atoms with van der Waals surface area (Å²) < 4.78 is 5.40. The summed E-state index contributed by atoms with van der Waals surface area (Å²) in [5.74, 6) is 0. The van der Waals surface area contributed by atoms with E-state index in [0.29, 0.717) is 12.1 Å². The predicted octanol–water partition coefficient (Wildman–Crippen LogP) is 1.97. The number of nitrogens with zero attached hydrogens (tertiary/aromatic N) is 2. The largest absolute Gasteiger partial charge is 0.383 e. The van der Waals surface area contributed by atoms with Crippen LogP contribution in [0.1, 0.15) is 37.3 Å². The predicted molar refractivity (Wildman–Crippen MR) is 76.9 cm³/mol. The average molecular weight is 263 g/mol. The molecule has 1 aliphatic rings. The van der Waals surface area contributed by atoms with E-state index in [4.69, 9.17) is 10.5 Å². The average Bonchev–Trinajstić information content (AvgIpc) is 2.93. The molecule has 0 amide bonds. The van der Waals surface area contributed by atoms with Crippen LogP contribution in [0.15, 0.2) is 24.5 Å². The second-order valence-electron chi connectivity index (χ2n) is 5.22. The fourth-order valence-electron chi connectivity index (χ4n) is 3.06. The Morgan fingerprint density at radius 2 is 2.26 bits per heavy atom. The van der Waals surface area contributed by atoms with Crippen molar-refractivity contribution in [3.63, 3.8) is 0 Å². The third-order valence-corrected chi connectivity index (χ3v) is 3.95. The Bertz CT molecular complexity index is 358. The van der Waals surface area contributed by atoms with Gasteiger partial charge in [-0.05, 0) is 56.5 Å². The number of rotatable bonds is 7. The zero-order chi connectivity index (χ0) is 13.5. The molecule has 2 atom stereocenters. The molecule has 0 bridgehead atoms. The molecule has 0 radical (unpaired) electrons. The molecule has 106 valence electrons. The van der Waals surface area contributed by atoms with Gasteiger partial charge in [-0.1, -0.05) is 0 Å². The van der Waals surface area contributed by atoms with Crippen LogP contribution in [0, 0.1) is 0 Å². The summed E-state index contributed by atoms with van der Waals surface area (Å²) in [7, 11) is 1.78. The summed E-state index contributed by atoms with van der Waals surface area (Å²) in [5, 5.41) is 0. The molecule has 4 heteroatoms. The van der Waals surface area contributed by atoms with Crippen molar-refractivity contribution in [1.82, 2.24) is 9.88 Å². The Labute approximate surface area is 116 Å². The van der Waals surface area contributed by atoms with E-state index < -0.39 is 0 Å². The number of methoxy groups -OCH3 is 1. The van der Waals surface area contributed by atoms with Gasteiger partial charge in [-0.2, -0.15) is 0 Å². The highest BCUT2D eigenvalue weighted by Gasteiger charge is 2.31. The van der Waals surface area contributed by atoms with E-state index in [1.165, 1.54) is 18.4 Å². The van der Waals surface area contributed by atoms with Gasteiger partial charge in [0.15, 0.2) is 0 Å². The van der Waals surface area contributed by atoms with Crippen molar-refractivity contribution in [2.75, 3.05) is 26.8 Å². The molecule has 2 heterocycles. The van der Waals surface area contributed by atoms with Crippen LogP contribution < -0.4 is 5.73 Å². The van der Waals surface area contributed by atoms with Crippen molar-refractivity contribution in [3.05, 3.63) is 30.1 Å². The van der Waals surface area contributed by atoms with Crippen LogP contribution in [0.2, 0.25) is 0 Å². The Balaban J connectivity index is 2.07. The van der Waals surface area contributed by atoms with Crippen LogP contribution in [0.25, 0.3) is 0 Å². The summed E-state index contributed by atoms with van der Waals surface area (Å²) in [5.41, 5.74) is 7.03. The van der Waals surface area contributed by atoms with Gasteiger partial charge in [-0.3, -0.25) is 9.88 Å². The van der Waals surface area contributed by atoms with Gasteiger partial charge in [0, 0.05) is 31.6 Å². The Hall–Kier alpha value is -0.970. The third kappa shape index (κ3) is 3.75. The first-order chi connectivity index (χ1) is 9.36. The summed E-state index contributed by atoms with van der Waals surface area (Å²) in [6.45, 7) is 2.71. The van der Waals surface area contributed by atoms with Crippen molar-refractivity contribution in [3.8, 4) is 0 Å². The van der Waals surface area contributed by atoms with Crippen LogP contribution in [0.5, 0.6) is 0 Å². The smallest absolute Gasteiger partial charge is 0.0618 e. The van der Waals surface area contributed by atoms with Crippen LogP contribution in [0.4, 0.5) is 0 Å². The SMILES string of the molecule is COCC(CCCN)N1CCCC1c1ccncc1. The number of aromatic nitrogens is 1. The molecule has 0 saturated carbocycles. The van der Waals surface area contributed by atoms with E-state index in [1.54, 1.807) is 7.11 Å². The molecule has 2 rings (SSSR count). The molecule has 0 aromatic carbocycles. The summed E-state index contributed by atoms with van der Waals surface area (Å²) in [6.07, 6.45) is 8.44. The second-order valence-corrected chi connectivity index (χ2v) is 5.22. The maximum Gasteiger partial charge on any atom is 0.0618 e. The molecule has 0 aliphatic carbocycles. The molecular weight excluding hydrogens is 238 g/mol. The number of pyridine rings is 1. The Kier molecular flexibility index (Phi) is 5.76. The van der Waals surface area contributed by atoms with Crippen molar-refractivity contribution in [2.24, 2.45) is 5.73 Å². The molecule has 0 spiro atoms. The zero-order valence-corrected chi connectivity index (χ0v) is 11.8. The molecule has 1 aliphatic heterocycles. The fraction of sp³-hybridized carbons (Fsp3) is 0.667. The number of ether oxygens (including phenoxy) is 1. The number of likely N-dealkylation sites (tertiary alicyclic amines) is 1. The molecule has 2 unspecified atom stereocenters. The minimum Gasteiger partial charge on any atom is -0.383 e. The number of hydrogen-bond donors (Lipinski definition) is 1. The first-order valence-electron chi connectivity index (χ1n) is 7.21.